The molecule has 0 heterocycles. The number of hydrogen-bond donors (Lipinski definition) is 0. The second kappa shape index (κ2) is 10.0. The van der Waals surface area contributed by atoms with Gasteiger partial charge in [-0.15, -0.1) is 0 Å². The maximum absolute atomic E-state index is 5.80. The van der Waals surface area contributed by atoms with Crippen molar-refractivity contribution in [3.05, 3.63) is 65.7 Å². The highest BCUT2D eigenvalue weighted by atomic mass is 16.5. The molecule has 118 valence electrons. The lowest BCUT2D eigenvalue weighted by Gasteiger charge is -2.08. The van der Waals surface area contributed by atoms with Gasteiger partial charge in [0.25, 0.3) is 0 Å². The van der Waals surface area contributed by atoms with Crippen molar-refractivity contribution in [1.82, 2.24) is 0 Å². The lowest BCUT2D eigenvalue weighted by Crippen LogP contribution is -2.03. The molecular weight excluding hydrogens is 272 g/mol. The van der Waals surface area contributed by atoms with E-state index >= 15 is 0 Å². The Hall–Kier alpha value is -1.80. The molecule has 22 heavy (non-hydrogen) atoms. The minimum atomic E-state index is 0.674. The largest absolute Gasteiger partial charge is 0.493 e. The van der Waals surface area contributed by atoms with E-state index in [9.17, 15) is 0 Å². The van der Waals surface area contributed by atoms with Crippen LogP contribution in [0.3, 0.4) is 0 Å². The van der Waals surface area contributed by atoms with Crippen LogP contribution >= 0.6 is 0 Å². The smallest absolute Gasteiger partial charge is 0.119 e. The van der Waals surface area contributed by atoms with Gasteiger partial charge in [-0.25, -0.2) is 0 Å². The number of hydrogen-bond acceptors (Lipinski definition) is 2. The molecule has 0 saturated carbocycles. The Balaban J connectivity index is 1.60. The van der Waals surface area contributed by atoms with Crippen LogP contribution in [0.5, 0.6) is 5.75 Å². The Morgan fingerprint density at radius 3 is 2.45 bits per heavy atom. The molecule has 0 bridgehead atoms. The summed E-state index contributed by atoms with van der Waals surface area (Å²) in [6.07, 6.45) is 4.50. The summed E-state index contributed by atoms with van der Waals surface area (Å²) in [5.41, 5.74) is 2.58. The highest BCUT2D eigenvalue weighted by Crippen LogP contribution is 2.15. The molecular formula is C20H26O2. The molecule has 2 heteroatoms. The van der Waals surface area contributed by atoms with Crippen molar-refractivity contribution in [3.8, 4) is 5.75 Å². The average Bonchev–Trinajstić information content (AvgIpc) is 2.57. The van der Waals surface area contributed by atoms with Gasteiger partial charge in [-0.2, -0.15) is 0 Å². The molecule has 2 aromatic carbocycles. The predicted molar refractivity (Wildman–Crippen MR) is 91.3 cm³/mol. The summed E-state index contributed by atoms with van der Waals surface area (Å²) < 4.78 is 11.5. The number of unbranched alkanes of at least 4 members (excludes halogenated alkanes) is 1. The maximum atomic E-state index is 5.80. The van der Waals surface area contributed by atoms with Crippen molar-refractivity contribution < 1.29 is 9.47 Å². The zero-order chi connectivity index (χ0) is 15.5. The van der Waals surface area contributed by atoms with Crippen LogP contribution in [0.1, 0.15) is 37.3 Å². The first kappa shape index (κ1) is 16.6. The van der Waals surface area contributed by atoms with Crippen LogP contribution in [0.4, 0.5) is 0 Å². The van der Waals surface area contributed by atoms with Gasteiger partial charge >= 0.3 is 0 Å². The lowest BCUT2D eigenvalue weighted by atomic mass is 10.1. The van der Waals surface area contributed by atoms with Crippen molar-refractivity contribution in [2.75, 3.05) is 13.2 Å². The second-order valence-electron chi connectivity index (χ2n) is 5.49. The van der Waals surface area contributed by atoms with Crippen molar-refractivity contribution in [2.24, 2.45) is 0 Å². The summed E-state index contributed by atoms with van der Waals surface area (Å²) in [6.45, 7) is 4.32. The van der Waals surface area contributed by atoms with E-state index in [4.69, 9.17) is 9.47 Å². The summed E-state index contributed by atoms with van der Waals surface area (Å²) in [7, 11) is 0. The first-order chi connectivity index (χ1) is 10.9. The van der Waals surface area contributed by atoms with Crippen LogP contribution in [0.2, 0.25) is 0 Å². The number of benzene rings is 2. The number of aryl methyl sites for hydroxylation is 1. The third-order valence-corrected chi connectivity index (χ3v) is 3.53. The first-order valence-corrected chi connectivity index (χ1v) is 8.22. The van der Waals surface area contributed by atoms with E-state index in [0.29, 0.717) is 13.2 Å². The van der Waals surface area contributed by atoms with E-state index in [1.54, 1.807) is 0 Å². The molecule has 0 aliphatic heterocycles. The Labute approximate surface area is 134 Å². The zero-order valence-electron chi connectivity index (χ0n) is 13.5. The molecule has 2 rings (SSSR count). The summed E-state index contributed by atoms with van der Waals surface area (Å²) in [5, 5.41) is 0. The van der Waals surface area contributed by atoms with Crippen LogP contribution in [0.25, 0.3) is 0 Å². The molecule has 0 unspecified atom stereocenters. The molecule has 0 aliphatic rings. The molecule has 0 N–H and O–H groups in total. The Bertz CT molecular complexity index is 522. The topological polar surface area (TPSA) is 18.5 Å². The molecule has 0 saturated heterocycles. The van der Waals surface area contributed by atoms with Crippen molar-refractivity contribution in [2.45, 2.75) is 39.2 Å². The van der Waals surface area contributed by atoms with Gasteiger partial charge in [0.2, 0.25) is 0 Å². The number of rotatable bonds is 10. The van der Waals surface area contributed by atoms with Gasteiger partial charge in [0.15, 0.2) is 0 Å². The van der Waals surface area contributed by atoms with Crippen molar-refractivity contribution >= 4 is 0 Å². The summed E-state index contributed by atoms with van der Waals surface area (Å²) in [5.74, 6) is 0.969. The maximum Gasteiger partial charge on any atom is 0.119 e. The fraction of sp³-hybridized carbons (Fsp3) is 0.400. The van der Waals surface area contributed by atoms with Gasteiger partial charge in [-0.05, 0) is 36.1 Å². The average molecular weight is 298 g/mol. The van der Waals surface area contributed by atoms with E-state index < -0.39 is 0 Å². The van der Waals surface area contributed by atoms with E-state index in [1.807, 2.05) is 24.3 Å². The fourth-order valence-corrected chi connectivity index (χ4v) is 2.29. The molecule has 2 nitrogen and oxygen atoms in total. The van der Waals surface area contributed by atoms with Gasteiger partial charge in [0.1, 0.15) is 5.75 Å². The van der Waals surface area contributed by atoms with Crippen LogP contribution in [-0.2, 0) is 17.8 Å². The molecule has 0 amide bonds. The zero-order valence-corrected chi connectivity index (χ0v) is 13.5. The monoisotopic (exact) mass is 298 g/mol. The van der Waals surface area contributed by atoms with Crippen LogP contribution in [0.15, 0.2) is 54.6 Å². The lowest BCUT2D eigenvalue weighted by molar-refractivity contribution is 0.107. The van der Waals surface area contributed by atoms with E-state index in [2.05, 4.69) is 37.3 Å². The highest BCUT2D eigenvalue weighted by molar-refractivity contribution is 5.28. The Kier molecular flexibility index (Phi) is 7.54. The Morgan fingerprint density at radius 2 is 1.64 bits per heavy atom. The molecule has 0 aromatic heterocycles. The third-order valence-electron chi connectivity index (χ3n) is 3.53. The number of ether oxygens (including phenoxy) is 2. The molecule has 0 aliphatic carbocycles. The van der Waals surface area contributed by atoms with Crippen LogP contribution < -0.4 is 4.74 Å². The fourth-order valence-electron chi connectivity index (χ4n) is 2.29. The molecule has 0 spiro atoms. The third kappa shape index (κ3) is 6.31. The highest BCUT2D eigenvalue weighted by Gasteiger charge is 1.98. The van der Waals surface area contributed by atoms with Crippen molar-refractivity contribution in [3.63, 3.8) is 0 Å². The van der Waals surface area contributed by atoms with Gasteiger partial charge in [0, 0.05) is 6.42 Å². The predicted octanol–water partition coefficient (Wildman–Crippen LogP) is 5.01. The quantitative estimate of drug-likeness (QED) is 0.574. The molecule has 0 radical (unpaired) electrons. The minimum absolute atomic E-state index is 0.674. The van der Waals surface area contributed by atoms with E-state index in [0.717, 1.165) is 25.2 Å². The second-order valence-corrected chi connectivity index (χ2v) is 5.49. The minimum Gasteiger partial charge on any atom is -0.493 e. The SMILES string of the molecule is CCCCc1cccc(OCCCOCc2ccccc2)c1. The normalized spacial score (nSPS) is 10.6. The van der Waals surface area contributed by atoms with Gasteiger partial charge < -0.3 is 9.47 Å². The van der Waals surface area contributed by atoms with Gasteiger partial charge in [-0.1, -0.05) is 55.8 Å². The van der Waals surface area contributed by atoms with Gasteiger partial charge in [-0.3, -0.25) is 0 Å². The Morgan fingerprint density at radius 1 is 0.818 bits per heavy atom. The first-order valence-electron chi connectivity index (χ1n) is 8.22. The molecule has 2 aromatic rings. The van der Waals surface area contributed by atoms with Crippen molar-refractivity contribution in [1.29, 1.82) is 0 Å². The standard InChI is InChI=1S/C20H26O2/c1-2-3-9-18-12-7-13-20(16-18)22-15-8-14-21-17-19-10-5-4-6-11-19/h4-7,10-13,16H,2-3,8-9,14-15,17H2,1H3. The summed E-state index contributed by atoms with van der Waals surface area (Å²) in [6, 6.07) is 18.7. The van der Waals surface area contributed by atoms with E-state index in [-0.39, 0.29) is 0 Å². The van der Waals surface area contributed by atoms with Crippen LogP contribution in [0, 0.1) is 0 Å². The summed E-state index contributed by atoms with van der Waals surface area (Å²) >= 11 is 0. The van der Waals surface area contributed by atoms with Gasteiger partial charge in [0.05, 0.1) is 19.8 Å². The molecule has 0 fully saturated rings. The van der Waals surface area contributed by atoms with Crippen LogP contribution in [-0.4, -0.2) is 13.2 Å². The van der Waals surface area contributed by atoms with E-state index in [1.165, 1.54) is 24.0 Å². The molecule has 0 atom stereocenters. The summed E-state index contributed by atoms with van der Waals surface area (Å²) in [4.78, 5) is 0.